The summed E-state index contributed by atoms with van der Waals surface area (Å²) in [6.45, 7) is 10.5. The average Bonchev–Trinajstić information content (AvgIpc) is 2.50. The van der Waals surface area contributed by atoms with Gasteiger partial charge in [-0.05, 0) is 38.5 Å². The second-order valence-corrected chi connectivity index (χ2v) is 5.36. The Morgan fingerprint density at radius 2 is 1.19 bits per heavy atom. The van der Waals surface area contributed by atoms with Crippen LogP contribution in [0.15, 0.2) is 0 Å². The van der Waals surface area contributed by atoms with Crippen LogP contribution in [0, 0.1) is 0 Å². The quantitative estimate of drug-likeness (QED) is 0.490. The van der Waals surface area contributed by atoms with E-state index in [1.807, 2.05) is 0 Å². The topological polar surface area (TPSA) is 0 Å². The first-order chi connectivity index (χ1) is 7.33. The highest BCUT2D eigenvalue weighted by Gasteiger charge is 2.26. The lowest BCUT2D eigenvalue weighted by Crippen LogP contribution is -2.50. The molecule has 0 radical (unpaired) electrons. The van der Waals surface area contributed by atoms with Crippen LogP contribution >= 0.6 is 24.0 Å². The zero-order valence-corrected chi connectivity index (χ0v) is 13.7. The minimum absolute atomic E-state index is 0. The van der Waals surface area contributed by atoms with E-state index in [-0.39, 0.29) is 24.0 Å². The average molecular weight is 340 g/mol. The summed E-state index contributed by atoms with van der Waals surface area (Å²) in [5, 5.41) is 0. The number of hydrogen-bond donors (Lipinski definition) is 0. The Labute approximate surface area is 120 Å². The van der Waals surface area contributed by atoms with Crippen LogP contribution in [0.4, 0.5) is 0 Å². The summed E-state index contributed by atoms with van der Waals surface area (Å²) in [5.41, 5.74) is 0. The maximum absolute atomic E-state index is 2.33. The standard InChI is InChI=1S/C14H30N.HI/c1-3-5-11-15(12-6-4-2)13-9-7-8-10-14-15;/h3-14H2,1-2H3;1H/q+1;. The third-order valence-electron chi connectivity index (χ3n) is 3.99. The fraction of sp³-hybridized carbons (Fsp3) is 1.00. The van der Waals surface area contributed by atoms with E-state index >= 15 is 0 Å². The van der Waals surface area contributed by atoms with Gasteiger partial charge in [0.15, 0.2) is 0 Å². The van der Waals surface area contributed by atoms with Crippen molar-refractivity contribution >= 4 is 24.0 Å². The highest BCUT2D eigenvalue weighted by Crippen LogP contribution is 2.20. The number of halogens is 1. The smallest absolute Gasteiger partial charge is 0.0786 e. The largest absolute Gasteiger partial charge is 0.324 e. The SMILES string of the molecule is CCCC[N+]1(CCCC)CCCCCC1.I. The van der Waals surface area contributed by atoms with Gasteiger partial charge in [-0.15, -0.1) is 24.0 Å². The van der Waals surface area contributed by atoms with E-state index in [2.05, 4.69) is 13.8 Å². The predicted octanol–water partition coefficient (Wildman–Crippen LogP) is 4.60. The summed E-state index contributed by atoms with van der Waals surface area (Å²) in [4.78, 5) is 0. The van der Waals surface area contributed by atoms with E-state index < -0.39 is 0 Å². The van der Waals surface area contributed by atoms with Crippen LogP contribution in [0.2, 0.25) is 0 Å². The van der Waals surface area contributed by atoms with Gasteiger partial charge in [-0.25, -0.2) is 0 Å². The van der Waals surface area contributed by atoms with Crippen molar-refractivity contribution in [3.8, 4) is 0 Å². The molecule has 0 amide bonds. The molecule has 98 valence electrons. The Balaban J connectivity index is 0.00000225. The fourth-order valence-electron chi connectivity index (χ4n) is 2.91. The van der Waals surface area contributed by atoms with Gasteiger partial charge in [0, 0.05) is 0 Å². The lowest BCUT2D eigenvalue weighted by molar-refractivity contribution is -0.927. The van der Waals surface area contributed by atoms with Crippen LogP contribution in [0.3, 0.4) is 0 Å². The van der Waals surface area contributed by atoms with Gasteiger partial charge in [0.2, 0.25) is 0 Å². The van der Waals surface area contributed by atoms with Gasteiger partial charge in [-0.2, -0.15) is 0 Å². The molecule has 0 aliphatic carbocycles. The highest BCUT2D eigenvalue weighted by molar-refractivity contribution is 14.0. The van der Waals surface area contributed by atoms with E-state index in [1.165, 1.54) is 82.0 Å². The van der Waals surface area contributed by atoms with Crippen LogP contribution in [-0.4, -0.2) is 30.7 Å². The fourth-order valence-corrected chi connectivity index (χ4v) is 2.91. The lowest BCUT2D eigenvalue weighted by Gasteiger charge is -2.38. The number of quaternary nitrogens is 1. The summed E-state index contributed by atoms with van der Waals surface area (Å²) < 4.78 is 1.46. The lowest BCUT2D eigenvalue weighted by atomic mass is 10.2. The normalized spacial score (nSPS) is 19.9. The zero-order valence-electron chi connectivity index (χ0n) is 11.3. The molecule has 0 aromatic rings. The molecule has 1 rings (SSSR count). The van der Waals surface area contributed by atoms with Gasteiger partial charge in [-0.3, -0.25) is 0 Å². The van der Waals surface area contributed by atoms with E-state index in [0.29, 0.717) is 0 Å². The molecule has 1 aliphatic rings. The molecule has 0 N–H and O–H groups in total. The molecule has 1 heterocycles. The van der Waals surface area contributed by atoms with Crippen LogP contribution in [0.5, 0.6) is 0 Å². The summed E-state index contributed by atoms with van der Waals surface area (Å²) in [5.74, 6) is 0. The Bertz CT molecular complexity index is 141. The summed E-state index contributed by atoms with van der Waals surface area (Å²) >= 11 is 0. The van der Waals surface area contributed by atoms with Crippen LogP contribution < -0.4 is 0 Å². The van der Waals surface area contributed by atoms with Crippen molar-refractivity contribution in [2.75, 3.05) is 26.2 Å². The maximum Gasteiger partial charge on any atom is 0.0786 e. The highest BCUT2D eigenvalue weighted by atomic mass is 127. The van der Waals surface area contributed by atoms with E-state index in [1.54, 1.807) is 0 Å². The third-order valence-corrected chi connectivity index (χ3v) is 3.99. The molecule has 2 heteroatoms. The molecule has 0 aromatic heterocycles. The van der Waals surface area contributed by atoms with E-state index in [0.717, 1.165) is 0 Å². The maximum atomic E-state index is 2.33. The van der Waals surface area contributed by atoms with Crippen molar-refractivity contribution in [3.05, 3.63) is 0 Å². The van der Waals surface area contributed by atoms with Crippen molar-refractivity contribution in [3.63, 3.8) is 0 Å². The zero-order chi connectivity index (χ0) is 11.0. The Morgan fingerprint density at radius 3 is 1.56 bits per heavy atom. The summed E-state index contributed by atoms with van der Waals surface area (Å²) in [7, 11) is 0. The molecule has 1 fully saturated rings. The Kier molecular flexibility index (Phi) is 10.1. The molecular formula is C14H31IN+. The van der Waals surface area contributed by atoms with Crippen LogP contribution in [0.1, 0.15) is 65.2 Å². The Morgan fingerprint density at radius 1 is 0.750 bits per heavy atom. The van der Waals surface area contributed by atoms with Crippen molar-refractivity contribution in [2.45, 2.75) is 65.2 Å². The van der Waals surface area contributed by atoms with Crippen LogP contribution in [0.25, 0.3) is 0 Å². The van der Waals surface area contributed by atoms with Crippen molar-refractivity contribution in [2.24, 2.45) is 0 Å². The molecule has 1 nitrogen and oxygen atoms in total. The minimum Gasteiger partial charge on any atom is -0.324 e. The van der Waals surface area contributed by atoms with Gasteiger partial charge in [0.25, 0.3) is 0 Å². The first-order valence-electron chi connectivity index (χ1n) is 7.18. The number of likely N-dealkylation sites (tertiary alicyclic amines) is 1. The number of nitrogens with zero attached hydrogens (tertiary/aromatic N) is 1. The number of unbranched alkanes of at least 4 members (excludes halogenated alkanes) is 2. The van der Waals surface area contributed by atoms with Crippen molar-refractivity contribution in [1.29, 1.82) is 0 Å². The Hall–Kier alpha value is 0.690. The summed E-state index contributed by atoms with van der Waals surface area (Å²) in [6, 6.07) is 0. The molecule has 1 aliphatic heterocycles. The second kappa shape index (κ2) is 9.69. The second-order valence-electron chi connectivity index (χ2n) is 5.36. The van der Waals surface area contributed by atoms with Gasteiger partial charge in [0.1, 0.15) is 0 Å². The van der Waals surface area contributed by atoms with Crippen molar-refractivity contribution in [1.82, 2.24) is 0 Å². The van der Waals surface area contributed by atoms with Gasteiger partial charge < -0.3 is 4.48 Å². The molecule has 0 bridgehead atoms. The number of hydrogen-bond acceptors (Lipinski definition) is 0. The monoisotopic (exact) mass is 340 g/mol. The molecule has 16 heavy (non-hydrogen) atoms. The third kappa shape index (κ3) is 5.85. The summed E-state index contributed by atoms with van der Waals surface area (Å²) in [6.07, 6.45) is 11.5. The number of rotatable bonds is 6. The first-order valence-corrected chi connectivity index (χ1v) is 7.18. The predicted molar refractivity (Wildman–Crippen MR) is 83.4 cm³/mol. The first kappa shape index (κ1) is 16.7. The van der Waals surface area contributed by atoms with E-state index in [4.69, 9.17) is 0 Å². The molecule has 1 saturated heterocycles. The van der Waals surface area contributed by atoms with Gasteiger partial charge in [0.05, 0.1) is 26.2 Å². The van der Waals surface area contributed by atoms with Crippen molar-refractivity contribution < 1.29 is 4.48 Å². The molecular weight excluding hydrogens is 309 g/mol. The molecule has 0 atom stereocenters. The molecule has 0 unspecified atom stereocenters. The minimum atomic E-state index is 0. The molecule has 0 aromatic carbocycles. The molecule has 0 saturated carbocycles. The van der Waals surface area contributed by atoms with E-state index in [9.17, 15) is 0 Å². The van der Waals surface area contributed by atoms with Gasteiger partial charge >= 0.3 is 0 Å². The van der Waals surface area contributed by atoms with Crippen LogP contribution in [-0.2, 0) is 0 Å². The van der Waals surface area contributed by atoms with Gasteiger partial charge in [-0.1, -0.05) is 26.7 Å². The molecule has 0 spiro atoms.